The summed E-state index contributed by atoms with van der Waals surface area (Å²) in [6, 6.07) is 8.36. The van der Waals surface area contributed by atoms with E-state index in [0.29, 0.717) is 0 Å². The van der Waals surface area contributed by atoms with E-state index in [1.54, 1.807) is 0 Å². The summed E-state index contributed by atoms with van der Waals surface area (Å²) in [5.74, 6) is 1.05. The predicted molar refractivity (Wildman–Crippen MR) is 64.4 cm³/mol. The van der Waals surface area contributed by atoms with Gasteiger partial charge in [-0.2, -0.15) is 0 Å². The number of hydrogen-bond donors (Lipinski definition) is 1. The third-order valence-corrected chi connectivity index (χ3v) is 2.94. The van der Waals surface area contributed by atoms with Crippen molar-refractivity contribution in [1.29, 1.82) is 0 Å². The maximum Gasteiger partial charge on any atom is 0.105 e. The molecular weight excluding hydrogens is 198 g/mol. The minimum atomic E-state index is 0.871. The molecule has 2 aromatic heterocycles. The average Bonchev–Trinajstić information content (AvgIpc) is 2.88. The first-order chi connectivity index (χ1) is 7.84. The lowest BCUT2D eigenvalue weighted by molar-refractivity contribution is 0.766. The summed E-state index contributed by atoms with van der Waals surface area (Å²) < 4.78 is 2.15. The summed E-state index contributed by atoms with van der Waals surface area (Å²) in [7, 11) is 0. The summed E-state index contributed by atoms with van der Waals surface area (Å²) in [5, 5.41) is 1.29. The lowest BCUT2D eigenvalue weighted by atomic mass is 10.2. The minimum absolute atomic E-state index is 0.871. The third-order valence-electron chi connectivity index (χ3n) is 2.94. The van der Waals surface area contributed by atoms with Gasteiger partial charge in [-0.05, 0) is 18.6 Å². The molecule has 0 aliphatic carbocycles. The highest BCUT2D eigenvalue weighted by Gasteiger charge is 2.04. The highest BCUT2D eigenvalue weighted by Crippen LogP contribution is 2.18. The second kappa shape index (κ2) is 3.52. The van der Waals surface area contributed by atoms with Gasteiger partial charge in [-0.25, -0.2) is 4.98 Å². The number of aromatic nitrogens is 3. The molecule has 0 unspecified atom stereocenters. The Bertz CT molecular complexity index is 619. The molecule has 3 aromatic rings. The van der Waals surface area contributed by atoms with Gasteiger partial charge in [0.1, 0.15) is 5.82 Å². The second-order valence-electron chi connectivity index (χ2n) is 3.96. The molecule has 0 bridgehead atoms. The van der Waals surface area contributed by atoms with E-state index in [1.807, 2.05) is 25.4 Å². The van der Waals surface area contributed by atoms with Crippen LogP contribution in [0.15, 0.2) is 42.9 Å². The highest BCUT2D eigenvalue weighted by molar-refractivity contribution is 5.82. The maximum absolute atomic E-state index is 4.23. The van der Waals surface area contributed by atoms with Crippen LogP contribution in [0, 0.1) is 6.92 Å². The van der Waals surface area contributed by atoms with Crippen molar-refractivity contribution in [2.24, 2.45) is 0 Å². The van der Waals surface area contributed by atoms with Crippen LogP contribution in [0.25, 0.3) is 10.9 Å². The molecule has 80 valence electrons. The molecule has 1 aromatic carbocycles. The molecule has 2 heterocycles. The van der Waals surface area contributed by atoms with Crippen molar-refractivity contribution >= 4 is 10.9 Å². The van der Waals surface area contributed by atoms with Crippen LogP contribution in [0.3, 0.4) is 0 Å². The van der Waals surface area contributed by atoms with E-state index in [4.69, 9.17) is 0 Å². The third kappa shape index (κ3) is 1.41. The number of rotatable bonds is 2. The molecule has 3 heteroatoms. The van der Waals surface area contributed by atoms with Gasteiger partial charge in [0.2, 0.25) is 0 Å². The Balaban J connectivity index is 2.04. The standard InChI is InChI=1S/C13H13N3/c1-10-14-6-7-16(10)9-11-8-15-13-5-3-2-4-12(11)13/h2-8,15H,9H2,1H3. The number of imidazole rings is 1. The van der Waals surface area contributed by atoms with Gasteiger partial charge in [-0.15, -0.1) is 0 Å². The fraction of sp³-hybridized carbons (Fsp3) is 0.154. The normalized spacial score (nSPS) is 11.1. The molecule has 0 aliphatic rings. The van der Waals surface area contributed by atoms with E-state index in [2.05, 4.69) is 38.9 Å². The number of para-hydroxylation sites is 1. The first kappa shape index (κ1) is 9.21. The zero-order valence-corrected chi connectivity index (χ0v) is 9.14. The zero-order chi connectivity index (χ0) is 11.0. The van der Waals surface area contributed by atoms with Crippen LogP contribution in [-0.4, -0.2) is 14.5 Å². The highest BCUT2D eigenvalue weighted by atomic mass is 15.0. The van der Waals surface area contributed by atoms with Gasteiger partial charge in [0.05, 0.1) is 6.54 Å². The van der Waals surface area contributed by atoms with Crippen molar-refractivity contribution in [2.45, 2.75) is 13.5 Å². The van der Waals surface area contributed by atoms with Gasteiger partial charge in [0.15, 0.2) is 0 Å². The van der Waals surface area contributed by atoms with Crippen LogP contribution in [0.4, 0.5) is 0 Å². The largest absolute Gasteiger partial charge is 0.361 e. The van der Waals surface area contributed by atoms with Gasteiger partial charge in [0.25, 0.3) is 0 Å². The van der Waals surface area contributed by atoms with Crippen molar-refractivity contribution in [3.63, 3.8) is 0 Å². The Hall–Kier alpha value is -2.03. The van der Waals surface area contributed by atoms with E-state index in [0.717, 1.165) is 12.4 Å². The van der Waals surface area contributed by atoms with E-state index < -0.39 is 0 Å². The molecule has 0 atom stereocenters. The molecule has 0 aliphatic heterocycles. The van der Waals surface area contributed by atoms with Crippen molar-refractivity contribution in [2.75, 3.05) is 0 Å². The van der Waals surface area contributed by atoms with Gasteiger partial charge in [-0.1, -0.05) is 18.2 Å². The van der Waals surface area contributed by atoms with Crippen LogP contribution in [-0.2, 0) is 6.54 Å². The van der Waals surface area contributed by atoms with Crippen molar-refractivity contribution in [3.05, 3.63) is 54.2 Å². The molecular formula is C13H13N3. The topological polar surface area (TPSA) is 33.6 Å². The lowest BCUT2D eigenvalue weighted by Gasteiger charge is -2.03. The minimum Gasteiger partial charge on any atom is -0.361 e. The van der Waals surface area contributed by atoms with Gasteiger partial charge >= 0.3 is 0 Å². The Labute approximate surface area is 93.7 Å². The van der Waals surface area contributed by atoms with Gasteiger partial charge < -0.3 is 9.55 Å². The number of nitrogens with one attached hydrogen (secondary N) is 1. The van der Waals surface area contributed by atoms with Crippen molar-refractivity contribution < 1.29 is 0 Å². The second-order valence-corrected chi connectivity index (χ2v) is 3.96. The molecule has 3 nitrogen and oxygen atoms in total. The number of benzene rings is 1. The van der Waals surface area contributed by atoms with E-state index in [1.165, 1.54) is 16.5 Å². The Morgan fingerprint density at radius 1 is 1.31 bits per heavy atom. The molecule has 16 heavy (non-hydrogen) atoms. The van der Waals surface area contributed by atoms with Gasteiger partial charge in [-0.3, -0.25) is 0 Å². The van der Waals surface area contributed by atoms with E-state index in [9.17, 15) is 0 Å². The van der Waals surface area contributed by atoms with Crippen LogP contribution in [0.5, 0.6) is 0 Å². The summed E-state index contributed by atoms with van der Waals surface area (Å²) >= 11 is 0. The maximum atomic E-state index is 4.23. The van der Waals surface area contributed by atoms with Crippen LogP contribution in [0.1, 0.15) is 11.4 Å². The zero-order valence-electron chi connectivity index (χ0n) is 9.14. The van der Waals surface area contributed by atoms with E-state index in [-0.39, 0.29) is 0 Å². The van der Waals surface area contributed by atoms with Crippen molar-refractivity contribution in [1.82, 2.24) is 14.5 Å². The Morgan fingerprint density at radius 2 is 2.19 bits per heavy atom. The quantitative estimate of drug-likeness (QED) is 0.694. The summed E-state index contributed by atoms with van der Waals surface area (Å²) in [6.07, 6.45) is 5.92. The summed E-state index contributed by atoms with van der Waals surface area (Å²) in [6.45, 7) is 2.89. The van der Waals surface area contributed by atoms with Crippen LogP contribution < -0.4 is 0 Å². The lowest BCUT2D eigenvalue weighted by Crippen LogP contribution is -1.99. The number of H-pyrrole nitrogens is 1. The fourth-order valence-corrected chi connectivity index (χ4v) is 2.02. The molecule has 0 fully saturated rings. The average molecular weight is 211 g/mol. The molecule has 1 N–H and O–H groups in total. The SMILES string of the molecule is Cc1nccn1Cc1c[nH]c2ccccc12. The number of nitrogens with zero attached hydrogens (tertiary/aromatic N) is 2. The Morgan fingerprint density at radius 3 is 3.00 bits per heavy atom. The molecule has 3 rings (SSSR count). The first-order valence-electron chi connectivity index (χ1n) is 5.37. The molecule has 0 saturated heterocycles. The fourth-order valence-electron chi connectivity index (χ4n) is 2.02. The molecule has 0 radical (unpaired) electrons. The number of aryl methyl sites for hydroxylation is 1. The first-order valence-corrected chi connectivity index (χ1v) is 5.37. The molecule has 0 saturated carbocycles. The van der Waals surface area contributed by atoms with E-state index >= 15 is 0 Å². The molecule has 0 amide bonds. The summed E-state index contributed by atoms with van der Waals surface area (Å²) in [5.41, 5.74) is 2.49. The monoisotopic (exact) mass is 211 g/mol. The Kier molecular flexibility index (Phi) is 2.03. The molecule has 0 spiro atoms. The predicted octanol–water partition coefficient (Wildman–Crippen LogP) is 2.72. The van der Waals surface area contributed by atoms with Crippen LogP contribution in [0.2, 0.25) is 0 Å². The van der Waals surface area contributed by atoms with Crippen LogP contribution >= 0.6 is 0 Å². The van der Waals surface area contributed by atoms with Crippen molar-refractivity contribution in [3.8, 4) is 0 Å². The number of aromatic amines is 1. The number of fused-ring (bicyclic) bond motifs is 1. The summed E-state index contributed by atoms with van der Waals surface area (Å²) in [4.78, 5) is 7.52. The smallest absolute Gasteiger partial charge is 0.105 e. The number of hydrogen-bond acceptors (Lipinski definition) is 1. The van der Waals surface area contributed by atoms with Gasteiger partial charge in [0, 0.05) is 29.5 Å².